The van der Waals surface area contributed by atoms with Crippen molar-refractivity contribution in [2.75, 3.05) is 51.3 Å². The second-order valence-electron chi connectivity index (χ2n) is 8.31. The topological polar surface area (TPSA) is 48.7 Å². The molecule has 0 bridgehead atoms. The summed E-state index contributed by atoms with van der Waals surface area (Å²) in [5.74, 6) is 4.22. The molecule has 0 radical (unpaired) electrons. The molecule has 1 saturated carbocycles. The van der Waals surface area contributed by atoms with E-state index in [4.69, 9.17) is 0 Å². The summed E-state index contributed by atoms with van der Waals surface area (Å²) in [6.45, 7) is 5.65. The van der Waals surface area contributed by atoms with E-state index in [0.717, 1.165) is 25.6 Å². The van der Waals surface area contributed by atoms with Crippen molar-refractivity contribution < 1.29 is 0 Å². The van der Waals surface area contributed by atoms with E-state index in [1.54, 1.807) is 0 Å². The normalized spacial score (nSPS) is 25.7. The van der Waals surface area contributed by atoms with Crippen LogP contribution in [-0.2, 0) is 7.05 Å². The fourth-order valence-corrected chi connectivity index (χ4v) is 6.03. The molecule has 1 aromatic heterocycles. The van der Waals surface area contributed by atoms with Crippen molar-refractivity contribution in [3.05, 3.63) is 18.0 Å². The van der Waals surface area contributed by atoms with Crippen LogP contribution in [0.3, 0.4) is 0 Å². The predicted molar refractivity (Wildman–Crippen MR) is 129 cm³/mol. The number of aliphatic imine (C=N–C) groups is 1. The molecular formula is C20H35IN6S. The Morgan fingerprint density at radius 2 is 2.04 bits per heavy atom. The fraction of sp³-hybridized carbons (Fsp3) is 0.800. The molecule has 1 aliphatic carbocycles. The van der Waals surface area contributed by atoms with Crippen molar-refractivity contribution in [3.8, 4) is 0 Å². The summed E-state index contributed by atoms with van der Waals surface area (Å²) in [6.07, 6.45) is 10.8. The summed E-state index contributed by atoms with van der Waals surface area (Å²) in [5.41, 5.74) is 1.70. The molecule has 0 aromatic carbocycles. The Balaban J connectivity index is 0.00000225. The van der Waals surface area contributed by atoms with Crippen LogP contribution in [0, 0.1) is 0 Å². The molecule has 3 heterocycles. The van der Waals surface area contributed by atoms with Crippen molar-refractivity contribution in [1.82, 2.24) is 24.9 Å². The zero-order valence-electron chi connectivity index (χ0n) is 17.3. The molecule has 2 aliphatic heterocycles. The molecule has 0 spiro atoms. The molecule has 1 aromatic rings. The monoisotopic (exact) mass is 518 g/mol. The third-order valence-electron chi connectivity index (χ3n) is 6.69. The highest BCUT2D eigenvalue weighted by Crippen LogP contribution is 2.36. The van der Waals surface area contributed by atoms with E-state index in [-0.39, 0.29) is 24.0 Å². The number of hydrogen-bond acceptors (Lipinski definition) is 4. The van der Waals surface area contributed by atoms with Gasteiger partial charge in [0.1, 0.15) is 0 Å². The van der Waals surface area contributed by atoms with Crippen molar-refractivity contribution in [1.29, 1.82) is 0 Å². The number of rotatable bonds is 4. The minimum Gasteiger partial charge on any atom is -0.354 e. The smallest absolute Gasteiger partial charge is 0.193 e. The Morgan fingerprint density at radius 3 is 2.68 bits per heavy atom. The molecule has 28 heavy (non-hydrogen) atoms. The summed E-state index contributed by atoms with van der Waals surface area (Å²) in [6, 6.07) is 0. The molecule has 4 rings (SSSR count). The van der Waals surface area contributed by atoms with E-state index >= 15 is 0 Å². The maximum atomic E-state index is 4.63. The average Bonchev–Trinajstić information content (AvgIpc) is 3.44. The lowest BCUT2D eigenvalue weighted by Crippen LogP contribution is -2.57. The third-order valence-corrected chi connectivity index (χ3v) is 7.63. The number of nitrogens with one attached hydrogen (secondary N) is 1. The Hall–Kier alpha value is -0.480. The molecule has 1 N–H and O–H groups in total. The number of likely N-dealkylation sites (tertiary alicyclic amines) is 1. The minimum atomic E-state index is 0. The van der Waals surface area contributed by atoms with Crippen LogP contribution in [0.15, 0.2) is 17.4 Å². The Bertz CT molecular complexity index is 651. The van der Waals surface area contributed by atoms with E-state index in [2.05, 4.69) is 43.2 Å². The number of aromatic nitrogens is 2. The van der Waals surface area contributed by atoms with Gasteiger partial charge < -0.3 is 10.2 Å². The van der Waals surface area contributed by atoms with Crippen LogP contribution in [0.2, 0.25) is 0 Å². The first-order valence-electron chi connectivity index (χ1n) is 10.5. The van der Waals surface area contributed by atoms with E-state index in [1.165, 1.54) is 62.3 Å². The second kappa shape index (κ2) is 10.0. The first-order chi connectivity index (χ1) is 13.2. The molecule has 1 atom stereocenters. The Morgan fingerprint density at radius 1 is 1.29 bits per heavy atom. The third kappa shape index (κ3) is 4.80. The van der Waals surface area contributed by atoms with Crippen molar-refractivity contribution in [2.45, 2.75) is 43.6 Å². The highest BCUT2D eigenvalue weighted by molar-refractivity contribution is 14.0. The van der Waals surface area contributed by atoms with Crippen LogP contribution >= 0.6 is 35.7 Å². The number of thioether (sulfide) groups is 1. The SMILES string of the molecule is CN=C(NCC1(N2CCSCC2)CCCC1)N1CCC(c2cnn(C)c2)C1.I. The van der Waals surface area contributed by atoms with Crippen LogP contribution < -0.4 is 5.32 Å². The van der Waals surface area contributed by atoms with Crippen LogP contribution in [0.5, 0.6) is 0 Å². The lowest BCUT2D eigenvalue weighted by molar-refractivity contribution is 0.106. The Kier molecular flexibility index (Phi) is 7.95. The standard InChI is InChI=1S/C20H34N6S.HI/c1-21-19(25-8-5-17(15-25)18-13-23-24(2)14-18)22-16-20(6-3-4-7-20)26-9-11-27-12-10-26;/h13-14,17H,3-12,15-16H2,1-2H3,(H,21,22);1H. The van der Waals surface area contributed by atoms with Gasteiger partial charge in [0.05, 0.1) is 6.20 Å². The van der Waals surface area contributed by atoms with Gasteiger partial charge in [0.2, 0.25) is 0 Å². The van der Waals surface area contributed by atoms with Gasteiger partial charge in [-0.2, -0.15) is 16.9 Å². The van der Waals surface area contributed by atoms with E-state index in [1.807, 2.05) is 25.0 Å². The molecule has 3 fully saturated rings. The van der Waals surface area contributed by atoms with E-state index < -0.39 is 0 Å². The van der Waals surface area contributed by atoms with Crippen molar-refractivity contribution >= 4 is 41.7 Å². The minimum absolute atomic E-state index is 0. The number of aryl methyl sites for hydroxylation is 1. The Labute approximate surface area is 190 Å². The van der Waals surface area contributed by atoms with Crippen molar-refractivity contribution in [3.63, 3.8) is 0 Å². The van der Waals surface area contributed by atoms with Gasteiger partial charge in [-0.1, -0.05) is 12.8 Å². The van der Waals surface area contributed by atoms with Crippen molar-refractivity contribution in [2.24, 2.45) is 12.0 Å². The van der Waals surface area contributed by atoms with E-state index in [9.17, 15) is 0 Å². The summed E-state index contributed by atoms with van der Waals surface area (Å²) in [5, 5.41) is 8.12. The second-order valence-corrected chi connectivity index (χ2v) is 9.54. The maximum Gasteiger partial charge on any atom is 0.193 e. The highest BCUT2D eigenvalue weighted by atomic mass is 127. The number of nitrogens with zero attached hydrogens (tertiary/aromatic N) is 5. The fourth-order valence-electron chi connectivity index (χ4n) is 5.13. The van der Waals surface area contributed by atoms with E-state index in [0.29, 0.717) is 11.5 Å². The average molecular weight is 519 g/mol. The van der Waals surface area contributed by atoms with Gasteiger partial charge in [-0.3, -0.25) is 14.6 Å². The number of halogens is 1. The lowest BCUT2D eigenvalue weighted by Gasteiger charge is -2.44. The van der Waals surface area contributed by atoms with Gasteiger partial charge in [0, 0.05) is 76.0 Å². The zero-order valence-corrected chi connectivity index (χ0v) is 20.4. The summed E-state index contributed by atoms with van der Waals surface area (Å²) >= 11 is 2.10. The van der Waals surface area contributed by atoms with Gasteiger partial charge in [0.25, 0.3) is 0 Å². The molecule has 3 aliphatic rings. The van der Waals surface area contributed by atoms with Crippen LogP contribution in [0.4, 0.5) is 0 Å². The summed E-state index contributed by atoms with van der Waals surface area (Å²) in [4.78, 5) is 9.84. The molecule has 1 unspecified atom stereocenters. The van der Waals surface area contributed by atoms with Gasteiger partial charge >= 0.3 is 0 Å². The highest BCUT2D eigenvalue weighted by Gasteiger charge is 2.40. The molecule has 0 amide bonds. The first-order valence-corrected chi connectivity index (χ1v) is 11.6. The maximum absolute atomic E-state index is 4.63. The molecule has 6 nitrogen and oxygen atoms in total. The van der Waals surface area contributed by atoms with Gasteiger partial charge in [-0.25, -0.2) is 0 Å². The first kappa shape index (κ1) is 22.2. The summed E-state index contributed by atoms with van der Waals surface area (Å²) < 4.78 is 1.91. The zero-order chi connectivity index (χ0) is 18.7. The molecule has 8 heteroatoms. The molecule has 158 valence electrons. The van der Waals surface area contributed by atoms with Crippen LogP contribution in [-0.4, -0.2) is 82.4 Å². The van der Waals surface area contributed by atoms with Crippen LogP contribution in [0.25, 0.3) is 0 Å². The molecular weight excluding hydrogens is 483 g/mol. The predicted octanol–water partition coefficient (Wildman–Crippen LogP) is 2.76. The number of guanidine groups is 1. The van der Waals surface area contributed by atoms with Gasteiger partial charge in [0.15, 0.2) is 5.96 Å². The van der Waals surface area contributed by atoms with Gasteiger partial charge in [-0.05, 0) is 24.8 Å². The quantitative estimate of drug-likeness (QED) is 0.378. The summed E-state index contributed by atoms with van der Waals surface area (Å²) in [7, 11) is 3.93. The number of hydrogen-bond donors (Lipinski definition) is 1. The van der Waals surface area contributed by atoms with Crippen LogP contribution in [0.1, 0.15) is 43.6 Å². The lowest BCUT2D eigenvalue weighted by atomic mass is 9.94. The molecule has 2 saturated heterocycles. The largest absolute Gasteiger partial charge is 0.354 e. The van der Waals surface area contributed by atoms with Gasteiger partial charge in [-0.15, -0.1) is 24.0 Å².